The van der Waals surface area contributed by atoms with Crippen LogP contribution >= 0.6 is 0 Å². The monoisotopic (exact) mass is 210 g/mol. The van der Waals surface area contributed by atoms with Crippen LogP contribution in [-0.4, -0.2) is 50.2 Å². The molecule has 1 amide bonds. The molecule has 7 nitrogen and oxygen atoms in total. The lowest BCUT2D eigenvalue weighted by Crippen LogP contribution is -2.57. The third-order valence-corrected chi connectivity index (χ3v) is 2.97. The number of amides is 1. The molecule has 0 aromatic heterocycles. The van der Waals surface area contributed by atoms with Crippen LogP contribution in [0.25, 0.3) is 0 Å². The summed E-state index contributed by atoms with van der Waals surface area (Å²) in [4.78, 5) is 10.6. The van der Waals surface area contributed by atoms with Gasteiger partial charge >= 0.3 is 16.3 Å². The van der Waals surface area contributed by atoms with Crippen LogP contribution in [0.1, 0.15) is 0 Å². The predicted molar refractivity (Wildman–Crippen MR) is 42.0 cm³/mol. The quantitative estimate of drug-likeness (QED) is 0.564. The molecule has 0 unspecified atom stereocenters. The van der Waals surface area contributed by atoms with Crippen molar-refractivity contribution in [3.8, 4) is 0 Å². The fourth-order valence-corrected chi connectivity index (χ4v) is 1.98. The molecule has 0 aromatic rings. The maximum atomic E-state index is 11.1. The van der Waals surface area contributed by atoms with E-state index in [1.807, 2.05) is 0 Å². The van der Waals surface area contributed by atoms with Gasteiger partial charge in [-0.1, -0.05) is 0 Å². The molecule has 1 heterocycles. The van der Waals surface area contributed by atoms with Gasteiger partial charge in [0, 0.05) is 13.1 Å². The van der Waals surface area contributed by atoms with Gasteiger partial charge in [0.25, 0.3) is 0 Å². The fraction of sp³-hybridized carbons (Fsp3) is 0.800. The Bertz CT molecular complexity index is 294. The predicted octanol–water partition coefficient (Wildman–Crippen LogP) is -1.74. The molecular formula is C5H10N2O5S. The van der Waals surface area contributed by atoms with E-state index in [1.165, 1.54) is 0 Å². The summed E-state index contributed by atoms with van der Waals surface area (Å²) in [7, 11) is -2.75. The van der Waals surface area contributed by atoms with Gasteiger partial charge in [0.15, 0.2) is 0 Å². The van der Waals surface area contributed by atoms with Crippen LogP contribution in [0.2, 0.25) is 0 Å². The van der Waals surface area contributed by atoms with Crippen molar-refractivity contribution in [2.75, 3.05) is 20.2 Å². The third kappa shape index (κ3) is 2.29. The fourth-order valence-electron chi connectivity index (χ4n) is 0.824. The van der Waals surface area contributed by atoms with E-state index in [2.05, 4.69) is 4.74 Å². The van der Waals surface area contributed by atoms with Crippen molar-refractivity contribution in [3.63, 3.8) is 0 Å². The minimum Gasteiger partial charge on any atom is -0.452 e. The van der Waals surface area contributed by atoms with Gasteiger partial charge in [0.2, 0.25) is 0 Å². The summed E-state index contributed by atoms with van der Waals surface area (Å²) in [5.74, 6) is 0. The van der Waals surface area contributed by atoms with Crippen LogP contribution < -0.4 is 4.72 Å². The van der Waals surface area contributed by atoms with Crippen molar-refractivity contribution < 1.29 is 23.1 Å². The number of ether oxygens (including phenoxy) is 1. The summed E-state index contributed by atoms with van der Waals surface area (Å²) in [5.41, 5.74) is 0. The number of β-amino-alcohol motifs (C(OH)–C–C–N with tert-alkyl or cyclic N) is 1. The summed E-state index contributed by atoms with van der Waals surface area (Å²) in [6.07, 6.45) is -1.68. The highest BCUT2D eigenvalue weighted by Crippen LogP contribution is 2.11. The molecule has 8 heteroatoms. The van der Waals surface area contributed by atoms with E-state index < -0.39 is 22.4 Å². The molecule has 0 bridgehead atoms. The van der Waals surface area contributed by atoms with E-state index in [4.69, 9.17) is 5.11 Å². The third-order valence-electron chi connectivity index (χ3n) is 1.57. The molecular weight excluding hydrogens is 200 g/mol. The second kappa shape index (κ2) is 3.48. The Hall–Kier alpha value is -0.860. The van der Waals surface area contributed by atoms with E-state index in [1.54, 1.807) is 4.72 Å². The number of aliphatic hydroxyl groups excluding tert-OH is 1. The molecule has 76 valence electrons. The maximum Gasteiger partial charge on any atom is 0.421 e. The molecule has 0 saturated carbocycles. The molecule has 13 heavy (non-hydrogen) atoms. The summed E-state index contributed by atoms with van der Waals surface area (Å²) < 4.78 is 29.0. The van der Waals surface area contributed by atoms with Crippen LogP contribution in [-0.2, 0) is 14.9 Å². The first kappa shape index (κ1) is 10.2. The maximum absolute atomic E-state index is 11.1. The molecule has 1 saturated heterocycles. The van der Waals surface area contributed by atoms with E-state index in [9.17, 15) is 13.2 Å². The van der Waals surface area contributed by atoms with E-state index in [-0.39, 0.29) is 13.1 Å². The van der Waals surface area contributed by atoms with Crippen molar-refractivity contribution in [3.05, 3.63) is 0 Å². The number of carbonyl (C=O) groups excluding carboxylic acids is 1. The van der Waals surface area contributed by atoms with Crippen molar-refractivity contribution in [1.82, 2.24) is 9.03 Å². The van der Waals surface area contributed by atoms with Gasteiger partial charge in [0.05, 0.1) is 13.2 Å². The highest BCUT2D eigenvalue weighted by molar-refractivity contribution is 7.87. The number of nitrogens with zero attached hydrogens (tertiary/aromatic N) is 1. The van der Waals surface area contributed by atoms with Gasteiger partial charge in [0.1, 0.15) is 0 Å². The highest BCUT2D eigenvalue weighted by Gasteiger charge is 2.35. The number of nitrogens with one attached hydrogen (secondary N) is 1. The van der Waals surface area contributed by atoms with Crippen molar-refractivity contribution >= 4 is 16.3 Å². The molecule has 1 rings (SSSR count). The topological polar surface area (TPSA) is 95.9 Å². The number of hydrogen-bond donors (Lipinski definition) is 2. The zero-order chi connectivity index (χ0) is 10.1. The van der Waals surface area contributed by atoms with Crippen molar-refractivity contribution in [1.29, 1.82) is 0 Å². The first-order valence-electron chi connectivity index (χ1n) is 3.49. The molecule has 0 radical (unpaired) electrons. The van der Waals surface area contributed by atoms with Crippen LogP contribution in [0.4, 0.5) is 4.79 Å². The number of rotatable bonds is 2. The zero-order valence-electron chi connectivity index (χ0n) is 6.93. The number of hydrogen-bond acceptors (Lipinski definition) is 5. The lowest BCUT2D eigenvalue weighted by atomic mass is 10.2. The largest absolute Gasteiger partial charge is 0.452 e. The first-order valence-corrected chi connectivity index (χ1v) is 4.93. The first-order chi connectivity index (χ1) is 5.95. The van der Waals surface area contributed by atoms with Gasteiger partial charge in [-0.3, -0.25) is 0 Å². The van der Waals surface area contributed by atoms with E-state index in [0.29, 0.717) is 0 Å². The summed E-state index contributed by atoms with van der Waals surface area (Å²) in [5, 5.41) is 8.82. The normalized spacial score (nSPS) is 19.2. The summed E-state index contributed by atoms with van der Waals surface area (Å²) >= 11 is 0. The van der Waals surface area contributed by atoms with Gasteiger partial charge in [-0.05, 0) is 0 Å². The average Bonchev–Trinajstić information content (AvgIpc) is 1.97. The van der Waals surface area contributed by atoms with Gasteiger partial charge in [-0.15, -0.1) is 0 Å². The van der Waals surface area contributed by atoms with Crippen LogP contribution in [0.3, 0.4) is 0 Å². The smallest absolute Gasteiger partial charge is 0.421 e. The second-order valence-electron chi connectivity index (χ2n) is 2.57. The Labute approximate surface area is 75.5 Å². The Balaban J connectivity index is 2.52. The molecule has 0 spiro atoms. The lowest BCUT2D eigenvalue weighted by molar-refractivity contribution is 0.0538. The van der Waals surface area contributed by atoms with Gasteiger partial charge < -0.3 is 9.84 Å². The molecule has 0 atom stereocenters. The minimum absolute atomic E-state index is 0.00628. The molecule has 0 aliphatic carbocycles. The molecule has 1 aliphatic rings. The second-order valence-corrected chi connectivity index (χ2v) is 4.24. The summed E-state index contributed by atoms with van der Waals surface area (Å²) in [6.45, 7) is 0.0126. The summed E-state index contributed by atoms with van der Waals surface area (Å²) in [6, 6.07) is 0. The molecule has 1 fully saturated rings. The van der Waals surface area contributed by atoms with Crippen molar-refractivity contribution in [2.45, 2.75) is 6.10 Å². The van der Waals surface area contributed by atoms with Gasteiger partial charge in [-0.25, -0.2) is 9.52 Å². The Morgan fingerprint density at radius 3 is 2.54 bits per heavy atom. The number of carbonyl (C=O) groups is 1. The Morgan fingerprint density at radius 2 is 2.15 bits per heavy atom. The standard InChI is InChI=1S/C5H10N2O5S/c1-12-5(9)6-13(10,11)7-2-4(8)3-7/h4,8H,2-3H2,1H3,(H,6,9). The van der Waals surface area contributed by atoms with Crippen LogP contribution in [0.5, 0.6) is 0 Å². The molecule has 0 aromatic carbocycles. The lowest BCUT2D eigenvalue weighted by Gasteiger charge is -2.33. The Morgan fingerprint density at radius 1 is 1.62 bits per heavy atom. The van der Waals surface area contributed by atoms with E-state index in [0.717, 1.165) is 11.4 Å². The van der Waals surface area contributed by atoms with Crippen LogP contribution in [0.15, 0.2) is 0 Å². The number of aliphatic hydroxyl groups is 1. The van der Waals surface area contributed by atoms with Crippen molar-refractivity contribution in [2.24, 2.45) is 0 Å². The minimum atomic E-state index is -3.82. The highest BCUT2D eigenvalue weighted by atomic mass is 32.2. The SMILES string of the molecule is COC(=O)NS(=O)(=O)N1CC(O)C1. The number of methoxy groups -OCH3 is 1. The Kier molecular flexibility index (Phi) is 2.74. The zero-order valence-corrected chi connectivity index (χ0v) is 7.74. The molecule has 2 N–H and O–H groups in total. The average molecular weight is 210 g/mol. The van der Waals surface area contributed by atoms with Gasteiger partial charge in [-0.2, -0.15) is 12.7 Å². The van der Waals surface area contributed by atoms with Crippen LogP contribution in [0, 0.1) is 0 Å². The molecule has 1 aliphatic heterocycles. The van der Waals surface area contributed by atoms with E-state index >= 15 is 0 Å².